The van der Waals surface area contributed by atoms with Crippen LogP contribution in [0, 0.1) is 18.7 Å². The summed E-state index contributed by atoms with van der Waals surface area (Å²) in [6.45, 7) is 6.65. The number of aryl methyl sites for hydroxylation is 1. The third kappa shape index (κ3) is 24.8. The highest BCUT2D eigenvalue weighted by Gasteiger charge is 2.32. The number of amides is 9. The summed E-state index contributed by atoms with van der Waals surface area (Å²) < 4.78 is 52.6. The van der Waals surface area contributed by atoms with E-state index >= 15 is 0 Å². The number of carboxylic acid groups (broad SMARTS) is 1. The fourth-order valence-corrected chi connectivity index (χ4v) is 9.68. The number of carbonyl (C=O) groups excluding carboxylic acids is 9. The number of halogens is 1. The number of ether oxygens (including phenoxy) is 7. The maximum absolute atomic E-state index is 14.8. The predicted molar refractivity (Wildman–Crippen MR) is 357 cm³/mol. The molecule has 3 aromatic heterocycles. The second-order valence-electron chi connectivity index (χ2n) is 22.7. The zero-order valence-electron chi connectivity index (χ0n) is 55.6. The van der Waals surface area contributed by atoms with Gasteiger partial charge in [0, 0.05) is 48.5 Å². The molecule has 9 amide bonds. The molecule has 32 nitrogen and oxygen atoms in total. The molecule has 0 aliphatic carbocycles. The molecule has 3 atom stereocenters. The van der Waals surface area contributed by atoms with Crippen LogP contribution >= 0.6 is 0 Å². The number of benzene rings is 3. The van der Waals surface area contributed by atoms with E-state index in [2.05, 4.69) is 57.2 Å². The molecule has 0 unspecified atom stereocenters. The van der Waals surface area contributed by atoms with Gasteiger partial charge in [-0.25, -0.2) is 33.7 Å². The first-order valence-electron chi connectivity index (χ1n) is 32.0. The molecule has 100 heavy (non-hydrogen) atoms. The monoisotopic (exact) mass is 1390 g/mol. The van der Waals surface area contributed by atoms with Crippen LogP contribution in [0.15, 0.2) is 97.2 Å². The molecule has 0 bridgehead atoms. The fraction of sp³-hybridized carbons (Fsp3) is 0.403. The first kappa shape index (κ1) is 76.3. The number of carboxylic acids is 1. The zero-order chi connectivity index (χ0) is 71.9. The van der Waals surface area contributed by atoms with Crippen molar-refractivity contribution in [3.63, 3.8) is 0 Å². The Bertz CT molecular complexity index is 3840. The lowest BCUT2D eigenvalue weighted by molar-refractivity contribution is -0.139. The molecule has 0 saturated heterocycles. The van der Waals surface area contributed by atoms with Gasteiger partial charge in [0.25, 0.3) is 11.8 Å². The number of imide groups is 1. The van der Waals surface area contributed by atoms with E-state index in [-0.39, 0.29) is 147 Å². The number of anilines is 2. The van der Waals surface area contributed by atoms with Gasteiger partial charge in [0.1, 0.15) is 48.7 Å². The van der Waals surface area contributed by atoms with E-state index in [0.717, 1.165) is 10.6 Å². The van der Waals surface area contributed by atoms with Gasteiger partial charge in [-0.2, -0.15) is 0 Å². The number of fused-ring (bicyclic) bond motifs is 1. The predicted octanol–water partition coefficient (Wildman–Crippen LogP) is 3.98. The van der Waals surface area contributed by atoms with Gasteiger partial charge in [0.2, 0.25) is 29.5 Å². The Morgan fingerprint density at radius 3 is 2.09 bits per heavy atom. The quantitative estimate of drug-likeness (QED) is 0.0147. The van der Waals surface area contributed by atoms with E-state index in [1.54, 1.807) is 50.2 Å². The summed E-state index contributed by atoms with van der Waals surface area (Å²) in [6.07, 6.45) is 2.26. The van der Waals surface area contributed by atoms with Gasteiger partial charge < -0.3 is 86.2 Å². The number of nitrogens with zero attached hydrogens (tertiary/aromatic N) is 5. The van der Waals surface area contributed by atoms with Crippen molar-refractivity contribution in [2.75, 3.05) is 96.8 Å². The van der Waals surface area contributed by atoms with E-state index in [9.17, 15) is 57.4 Å². The smallest absolute Gasteiger partial charge is 0.407 e. The SMILES string of the molecule is COC(=O)c1ccc(F)c(NCc2nc(-c3cccc(C)n3)c(-c3ccc4ncc(OCCNC(=O)OCc5ccc(NC(=O)[C@H](CCCNC(N)=O)NC(=O)[C@@H](NC(=O)[C@H](CCC(=O)O)NC(=O)CCOCCOCCOCCOCCN6C(=O)C=CC6=O)C(C)C)cc5)nc4c3)[nH]2)c1. The molecule has 0 fully saturated rings. The summed E-state index contributed by atoms with van der Waals surface area (Å²) in [4.78, 5) is 149. The van der Waals surface area contributed by atoms with Gasteiger partial charge in [-0.3, -0.25) is 43.4 Å². The fourth-order valence-electron chi connectivity index (χ4n) is 9.68. The second-order valence-corrected chi connectivity index (χ2v) is 22.7. The van der Waals surface area contributed by atoms with Crippen LogP contribution in [0.25, 0.3) is 33.7 Å². The Balaban J connectivity index is 0.841. The molecule has 3 aromatic carbocycles. The Hall–Kier alpha value is -11.0. The van der Waals surface area contributed by atoms with Crippen molar-refractivity contribution in [2.24, 2.45) is 11.7 Å². The minimum Gasteiger partial charge on any atom is -0.481 e. The Morgan fingerprint density at radius 2 is 1.41 bits per heavy atom. The number of hydrogen-bond acceptors (Lipinski definition) is 22. The number of pyridine rings is 1. The van der Waals surface area contributed by atoms with Gasteiger partial charge >= 0.3 is 24.1 Å². The summed E-state index contributed by atoms with van der Waals surface area (Å²) in [5.41, 5.74) is 10.5. The van der Waals surface area contributed by atoms with E-state index in [1.807, 2.05) is 31.2 Å². The van der Waals surface area contributed by atoms with Crippen LogP contribution in [0.2, 0.25) is 0 Å². The van der Waals surface area contributed by atoms with E-state index in [1.165, 1.54) is 43.7 Å². The first-order valence-corrected chi connectivity index (χ1v) is 32.0. The van der Waals surface area contributed by atoms with Crippen LogP contribution in [0.4, 0.5) is 25.4 Å². The Kier molecular flexibility index (Phi) is 30.1. The topological polar surface area (TPSA) is 436 Å². The lowest BCUT2D eigenvalue weighted by Gasteiger charge is -2.27. The summed E-state index contributed by atoms with van der Waals surface area (Å²) in [5, 5.41) is 28.0. The van der Waals surface area contributed by atoms with E-state index < -0.39 is 84.0 Å². The van der Waals surface area contributed by atoms with Gasteiger partial charge in [-0.15, -0.1) is 0 Å². The third-order valence-electron chi connectivity index (χ3n) is 14.8. The molecular formula is C67H81FN14O18. The number of imidazole rings is 1. The second kappa shape index (κ2) is 39.4. The Morgan fingerprint density at radius 1 is 0.710 bits per heavy atom. The number of carbonyl (C=O) groups is 10. The number of aromatic amines is 1. The molecule has 6 aromatic rings. The number of alkyl carbamates (subject to hydrolysis) is 1. The number of nitrogens with one attached hydrogen (secondary N) is 8. The van der Waals surface area contributed by atoms with E-state index in [4.69, 9.17) is 43.9 Å². The molecule has 33 heteroatoms. The van der Waals surface area contributed by atoms with Gasteiger partial charge in [0.05, 0.1) is 119 Å². The maximum atomic E-state index is 14.8. The van der Waals surface area contributed by atoms with Crippen LogP contribution in [0.3, 0.4) is 0 Å². The van der Waals surface area contributed by atoms with Crippen molar-refractivity contribution >= 4 is 81.9 Å². The largest absolute Gasteiger partial charge is 0.481 e. The number of primary amides is 1. The molecule has 0 saturated carbocycles. The van der Waals surface area contributed by atoms with Gasteiger partial charge in [-0.05, 0) is 92.3 Å². The van der Waals surface area contributed by atoms with Crippen LogP contribution in [-0.4, -0.2) is 199 Å². The lowest BCUT2D eigenvalue weighted by Crippen LogP contribution is -2.58. The minimum atomic E-state index is -1.37. The molecule has 0 spiro atoms. The normalized spacial score (nSPS) is 12.7. The molecule has 1 aliphatic heterocycles. The maximum Gasteiger partial charge on any atom is 0.407 e. The molecule has 11 N–H and O–H groups in total. The summed E-state index contributed by atoms with van der Waals surface area (Å²) in [6, 6.07) is 16.4. The standard InChI is InChI=1S/C67H81FN14O18/c1-40(2)59(81-63(89)50(18-21-58(86)87)76-54(83)22-26-95-29-31-97-33-34-98-32-30-96-28-25-82-56(84)19-20-57(82)85)64(90)78-49(9-6-23-70-66(69)92)62(88)75-45-14-10-42(11-15-45)39-100-67(93)71-24-27-99-55-38-73-47-17-13-43(35-52(47)77-55)60-61(48-8-5-7-41(3)74-48)80-53(79-60)37-72-51-36-44(65(91)94-4)12-16-46(51)68/h5,7-8,10-17,19-20,35-36,38,40,49-50,59,72H,6,9,18,21-34,37,39H2,1-4H3,(H,71,93)(H,75,88)(H,76,83)(H,78,90)(H,79,80)(H,81,89)(H,86,87)(H3,69,70,92)/t49-,50-,59-/m0/s1. The van der Waals surface area contributed by atoms with E-state index in [0.29, 0.717) is 50.8 Å². The van der Waals surface area contributed by atoms with Crippen molar-refractivity contribution in [1.82, 2.24) is 56.4 Å². The molecule has 534 valence electrons. The van der Waals surface area contributed by atoms with Gasteiger partial charge in [-0.1, -0.05) is 38.1 Å². The number of rotatable bonds is 42. The molecule has 4 heterocycles. The molecule has 7 rings (SSSR count). The first-order chi connectivity index (χ1) is 48.1. The number of esters is 1. The van der Waals surface area contributed by atoms with Crippen molar-refractivity contribution in [2.45, 2.75) is 84.2 Å². The lowest BCUT2D eigenvalue weighted by atomic mass is 10.0. The van der Waals surface area contributed by atoms with Crippen molar-refractivity contribution < 1.29 is 90.6 Å². The van der Waals surface area contributed by atoms with Crippen molar-refractivity contribution in [3.8, 4) is 28.5 Å². The highest BCUT2D eigenvalue weighted by atomic mass is 19.1. The van der Waals surface area contributed by atoms with Crippen LogP contribution in [0.5, 0.6) is 5.88 Å². The molecular weight excluding hydrogens is 1310 g/mol. The number of aliphatic carboxylic acids is 1. The highest BCUT2D eigenvalue weighted by Crippen LogP contribution is 2.32. The number of H-pyrrole nitrogens is 1. The average Bonchev–Trinajstić information content (AvgIpc) is 1.61. The van der Waals surface area contributed by atoms with Crippen LogP contribution in [0.1, 0.15) is 73.4 Å². The summed E-state index contributed by atoms with van der Waals surface area (Å²) in [7, 11) is 1.24. The summed E-state index contributed by atoms with van der Waals surface area (Å²) >= 11 is 0. The highest BCUT2D eigenvalue weighted by molar-refractivity contribution is 6.13. The number of methoxy groups -OCH3 is 1. The van der Waals surface area contributed by atoms with Crippen molar-refractivity contribution in [1.29, 1.82) is 0 Å². The third-order valence-corrected chi connectivity index (χ3v) is 14.8. The molecule has 0 radical (unpaired) electrons. The molecule has 1 aliphatic rings. The number of urea groups is 1. The summed E-state index contributed by atoms with van der Waals surface area (Å²) in [5.74, 6) is -6.07. The zero-order valence-corrected chi connectivity index (χ0v) is 55.6. The average molecular weight is 1390 g/mol. The van der Waals surface area contributed by atoms with Crippen molar-refractivity contribution in [3.05, 3.63) is 126 Å². The minimum absolute atomic E-state index is 0.00105. The Labute approximate surface area is 573 Å². The number of hydrogen-bond donors (Lipinski definition) is 10. The number of nitrogens with two attached hydrogens (primary N) is 1. The van der Waals surface area contributed by atoms with Gasteiger partial charge in [0.15, 0.2) is 0 Å². The van der Waals surface area contributed by atoms with Crippen LogP contribution in [-0.2, 0) is 75.1 Å². The number of aromatic nitrogens is 5. The van der Waals surface area contributed by atoms with Crippen LogP contribution < -0.4 is 47.7 Å².